The summed E-state index contributed by atoms with van der Waals surface area (Å²) in [6.07, 6.45) is 1.70. The first kappa shape index (κ1) is 17.2. The molecule has 0 aliphatic carbocycles. The monoisotopic (exact) mass is 303 g/mol. The molecule has 7 heteroatoms. The summed E-state index contributed by atoms with van der Waals surface area (Å²) in [6, 6.07) is 1.95. The lowest BCUT2D eigenvalue weighted by Crippen LogP contribution is -2.29. The molecule has 20 heavy (non-hydrogen) atoms. The van der Waals surface area contributed by atoms with Crippen LogP contribution in [0.25, 0.3) is 0 Å². The van der Waals surface area contributed by atoms with Gasteiger partial charge in [-0.25, -0.2) is 8.42 Å². The normalized spacial score (nSPS) is 12.6. The Morgan fingerprint density at radius 3 is 2.60 bits per heavy atom. The molecule has 1 heterocycles. The van der Waals surface area contributed by atoms with E-state index in [4.69, 9.17) is 4.74 Å². The summed E-state index contributed by atoms with van der Waals surface area (Å²) in [4.78, 5) is 0.329. The van der Waals surface area contributed by atoms with E-state index >= 15 is 0 Å². The van der Waals surface area contributed by atoms with E-state index in [1.165, 1.54) is 4.31 Å². The van der Waals surface area contributed by atoms with Gasteiger partial charge in [-0.05, 0) is 27.0 Å². The van der Waals surface area contributed by atoms with Gasteiger partial charge >= 0.3 is 0 Å². The van der Waals surface area contributed by atoms with Crippen molar-refractivity contribution in [1.29, 1.82) is 0 Å². The summed E-state index contributed by atoms with van der Waals surface area (Å²) in [7, 11) is 1.51. The minimum Gasteiger partial charge on any atom is -0.383 e. The van der Waals surface area contributed by atoms with Crippen LogP contribution in [0, 0.1) is 0 Å². The number of nitrogens with one attached hydrogen (secondary N) is 1. The van der Waals surface area contributed by atoms with Gasteiger partial charge in [-0.3, -0.25) is 0 Å². The van der Waals surface area contributed by atoms with Gasteiger partial charge in [0.2, 0.25) is 10.0 Å². The van der Waals surface area contributed by atoms with Crippen molar-refractivity contribution in [3.8, 4) is 0 Å². The van der Waals surface area contributed by atoms with Gasteiger partial charge in [-0.15, -0.1) is 0 Å². The average molecular weight is 303 g/mol. The Morgan fingerprint density at radius 1 is 1.45 bits per heavy atom. The van der Waals surface area contributed by atoms with E-state index < -0.39 is 10.0 Å². The highest BCUT2D eigenvalue weighted by molar-refractivity contribution is 7.89. The van der Waals surface area contributed by atoms with E-state index in [9.17, 15) is 8.42 Å². The Hall–Kier alpha value is -0.890. The van der Waals surface area contributed by atoms with Gasteiger partial charge in [0.15, 0.2) is 0 Å². The number of nitrogens with zero attached hydrogens (tertiary/aromatic N) is 2. The molecule has 0 radical (unpaired) electrons. The Labute approximate surface area is 121 Å². The van der Waals surface area contributed by atoms with Crippen LogP contribution in [0.2, 0.25) is 0 Å². The largest absolute Gasteiger partial charge is 0.383 e. The molecule has 0 unspecified atom stereocenters. The molecule has 0 saturated heterocycles. The first-order valence-electron chi connectivity index (χ1n) is 6.65. The fourth-order valence-electron chi connectivity index (χ4n) is 1.96. The summed E-state index contributed by atoms with van der Waals surface area (Å²) in [5.41, 5.74) is 0.959. The van der Waals surface area contributed by atoms with Gasteiger partial charge in [0.1, 0.15) is 4.90 Å². The highest BCUT2D eigenvalue weighted by Gasteiger charge is 2.23. The van der Waals surface area contributed by atoms with Gasteiger partial charge < -0.3 is 14.6 Å². The molecule has 0 aliphatic heterocycles. The summed E-state index contributed by atoms with van der Waals surface area (Å²) in [5.74, 6) is 0. The fraction of sp³-hybridized carbons (Fsp3) is 0.692. The first-order chi connectivity index (χ1) is 9.34. The number of ether oxygens (including phenoxy) is 1. The van der Waals surface area contributed by atoms with Crippen molar-refractivity contribution in [1.82, 2.24) is 14.2 Å². The molecule has 1 N–H and O–H groups in total. The SMILES string of the molecule is CNCc1cc(S(=O)(=O)N(C)CCOC)cn1C(C)C. The Morgan fingerprint density at radius 2 is 2.10 bits per heavy atom. The van der Waals surface area contributed by atoms with Gasteiger partial charge in [0.05, 0.1) is 6.61 Å². The van der Waals surface area contributed by atoms with Crippen LogP contribution >= 0.6 is 0 Å². The van der Waals surface area contributed by atoms with E-state index in [-0.39, 0.29) is 6.04 Å². The van der Waals surface area contributed by atoms with Crippen molar-refractivity contribution >= 4 is 10.0 Å². The smallest absolute Gasteiger partial charge is 0.244 e. The molecule has 116 valence electrons. The van der Waals surface area contributed by atoms with E-state index in [0.717, 1.165) is 5.69 Å². The van der Waals surface area contributed by atoms with Crippen molar-refractivity contribution in [3.63, 3.8) is 0 Å². The molecule has 0 aromatic carbocycles. The van der Waals surface area contributed by atoms with Crippen LogP contribution in [0.3, 0.4) is 0 Å². The predicted molar refractivity (Wildman–Crippen MR) is 79.3 cm³/mol. The molecule has 0 bridgehead atoms. The second-order valence-corrected chi connectivity index (χ2v) is 7.06. The van der Waals surface area contributed by atoms with E-state index in [0.29, 0.717) is 24.6 Å². The zero-order valence-corrected chi connectivity index (χ0v) is 13.7. The third kappa shape index (κ3) is 3.82. The molecule has 6 nitrogen and oxygen atoms in total. The van der Waals surface area contributed by atoms with Crippen molar-refractivity contribution < 1.29 is 13.2 Å². The quantitative estimate of drug-likeness (QED) is 0.780. The maximum Gasteiger partial charge on any atom is 0.244 e. The summed E-state index contributed by atoms with van der Waals surface area (Å²) in [6.45, 7) is 5.42. The van der Waals surface area contributed by atoms with Gasteiger partial charge in [0, 0.05) is 45.2 Å². The maximum atomic E-state index is 12.5. The topological polar surface area (TPSA) is 63.6 Å². The zero-order valence-electron chi connectivity index (χ0n) is 12.9. The lowest BCUT2D eigenvalue weighted by Gasteiger charge is -2.15. The second-order valence-electron chi connectivity index (χ2n) is 5.02. The molecular formula is C13H25N3O3S. The van der Waals surface area contributed by atoms with Gasteiger partial charge in [-0.1, -0.05) is 0 Å². The summed E-state index contributed by atoms with van der Waals surface area (Å²) >= 11 is 0. The van der Waals surface area contributed by atoms with Crippen LogP contribution in [-0.4, -0.2) is 51.6 Å². The molecule has 0 spiro atoms. The lowest BCUT2D eigenvalue weighted by molar-refractivity contribution is 0.185. The van der Waals surface area contributed by atoms with Crippen molar-refractivity contribution in [2.75, 3.05) is 34.4 Å². The van der Waals surface area contributed by atoms with Crippen molar-refractivity contribution in [2.45, 2.75) is 31.3 Å². The Kier molecular flexibility index (Phi) is 6.19. The van der Waals surface area contributed by atoms with Crippen LogP contribution in [0.1, 0.15) is 25.6 Å². The molecule has 0 aliphatic rings. The fourth-order valence-corrected chi connectivity index (χ4v) is 3.17. The predicted octanol–water partition coefficient (Wildman–Crippen LogP) is 1.06. The number of hydrogen-bond acceptors (Lipinski definition) is 4. The summed E-state index contributed by atoms with van der Waals surface area (Å²) < 4.78 is 33.2. The highest BCUT2D eigenvalue weighted by Crippen LogP contribution is 2.21. The molecule has 1 aromatic rings. The minimum absolute atomic E-state index is 0.214. The molecule has 0 amide bonds. The summed E-state index contributed by atoms with van der Waals surface area (Å²) in [5, 5.41) is 3.06. The van der Waals surface area contributed by atoms with Crippen LogP contribution in [0.15, 0.2) is 17.2 Å². The standard InChI is InChI=1S/C13H25N3O3S/c1-11(2)16-10-13(8-12(16)9-14-3)20(17,18)15(4)6-7-19-5/h8,10-11,14H,6-7,9H2,1-5H3. The number of aromatic nitrogens is 1. The van der Waals surface area contributed by atoms with Crippen LogP contribution in [0.4, 0.5) is 0 Å². The minimum atomic E-state index is -3.46. The van der Waals surface area contributed by atoms with E-state index in [2.05, 4.69) is 5.32 Å². The van der Waals surface area contributed by atoms with Crippen LogP contribution in [0.5, 0.6) is 0 Å². The lowest BCUT2D eigenvalue weighted by atomic mass is 10.3. The van der Waals surface area contributed by atoms with Crippen LogP contribution < -0.4 is 5.32 Å². The number of sulfonamides is 1. The number of likely N-dealkylation sites (N-methyl/N-ethyl adjacent to an activating group) is 1. The zero-order chi connectivity index (χ0) is 15.3. The molecule has 0 fully saturated rings. The van der Waals surface area contributed by atoms with Crippen LogP contribution in [-0.2, 0) is 21.3 Å². The maximum absolute atomic E-state index is 12.5. The number of methoxy groups -OCH3 is 1. The van der Waals surface area contributed by atoms with Crippen molar-refractivity contribution in [2.24, 2.45) is 0 Å². The third-order valence-electron chi connectivity index (χ3n) is 3.14. The Bertz CT molecular complexity index is 523. The van der Waals surface area contributed by atoms with Gasteiger partial charge in [-0.2, -0.15) is 4.31 Å². The van der Waals surface area contributed by atoms with E-state index in [1.807, 2.05) is 25.5 Å². The second kappa shape index (κ2) is 7.21. The third-order valence-corrected chi connectivity index (χ3v) is 4.96. The van der Waals surface area contributed by atoms with Crippen molar-refractivity contribution in [3.05, 3.63) is 18.0 Å². The Balaban J connectivity index is 3.09. The first-order valence-corrected chi connectivity index (χ1v) is 8.09. The van der Waals surface area contributed by atoms with E-state index in [1.54, 1.807) is 26.4 Å². The molecular weight excluding hydrogens is 278 g/mol. The molecule has 1 aromatic heterocycles. The number of hydrogen-bond donors (Lipinski definition) is 1. The average Bonchev–Trinajstić information content (AvgIpc) is 2.81. The molecule has 1 rings (SSSR count). The molecule has 0 atom stereocenters. The highest BCUT2D eigenvalue weighted by atomic mass is 32.2. The molecule has 0 saturated carbocycles. The number of rotatable bonds is 8. The van der Waals surface area contributed by atoms with Gasteiger partial charge in [0.25, 0.3) is 0 Å².